The van der Waals surface area contributed by atoms with Crippen molar-refractivity contribution in [2.75, 3.05) is 6.54 Å². The van der Waals surface area contributed by atoms with Crippen LogP contribution in [0.3, 0.4) is 0 Å². The molecule has 1 heterocycles. The van der Waals surface area contributed by atoms with E-state index in [0.29, 0.717) is 25.3 Å². The van der Waals surface area contributed by atoms with Crippen LogP contribution in [0.15, 0.2) is 0 Å². The van der Waals surface area contributed by atoms with E-state index in [1.165, 1.54) is 25.7 Å². The molecule has 2 fully saturated rings. The van der Waals surface area contributed by atoms with E-state index in [0.717, 1.165) is 19.3 Å². The SMILES string of the molecule is O=C(O)C1CCCCN1C(=O)CCC1CCCC1. The van der Waals surface area contributed by atoms with E-state index in [4.69, 9.17) is 5.11 Å². The predicted octanol–water partition coefficient (Wildman–Crippen LogP) is 2.42. The first-order chi connectivity index (χ1) is 8.68. The van der Waals surface area contributed by atoms with Crippen molar-refractivity contribution in [3.05, 3.63) is 0 Å². The number of hydrogen-bond acceptors (Lipinski definition) is 2. The maximum absolute atomic E-state index is 12.1. The molecular formula is C14H23NO3. The molecule has 1 unspecified atom stereocenters. The molecule has 0 aromatic carbocycles. The van der Waals surface area contributed by atoms with Gasteiger partial charge >= 0.3 is 5.97 Å². The molecule has 2 rings (SSSR count). The van der Waals surface area contributed by atoms with E-state index in [1.807, 2.05) is 0 Å². The second kappa shape index (κ2) is 6.21. The lowest BCUT2D eigenvalue weighted by Crippen LogP contribution is -2.48. The minimum absolute atomic E-state index is 0.0500. The number of carbonyl (C=O) groups excluding carboxylic acids is 1. The summed E-state index contributed by atoms with van der Waals surface area (Å²) in [5.74, 6) is -0.0973. The number of nitrogens with zero attached hydrogens (tertiary/aromatic N) is 1. The van der Waals surface area contributed by atoms with Crippen molar-refractivity contribution in [2.24, 2.45) is 5.92 Å². The van der Waals surface area contributed by atoms with E-state index in [-0.39, 0.29) is 5.91 Å². The van der Waals surface area contributed by atoms with Gasteiger partial charge < -0.3 is 10.0 Å². The molecule has 4 heteroatoms. The van der Waals surface area contributed by atoms with E-state index in [9.17, 15) is 9.59 Å². The van der Waals surface area contributed by atoms with Crippen LogP contribution in [0.4, 0.5) is 0 Å². The molecule has 0 spiro atoms. The van der Waals surface area contributed by atoms with Gasteiger partial charge in [0.2, 0.25) is 5.91 Å². The highest BCUT2D eigenvalue weighted by molar-refractivity contribution is 5.83. The molecule has 1 aliphatic heterocycles. The first-order valence-corrected chi connectivity index (χ1v) is 7.21. The lowest BCUT2D eigenvalue weighted by molar-refractivity contribution is -0.152. The van der Waals surface area contributed by atoms with Crippen molar-refractivity contribution in [1.29, 1.82) is 0 Å². The first-order valence-electron chi connectivity index (χ1n) is 7.21. The fourth-order valence-corrected chi connectivity index (χ4v) is 3.26. The molecule has 2 aliphatic rings. The minimum atomic E-state index is -0.844. The number of carbonyl (C=O) groups is 2. The lowest BCUT2D eigenvalue weighted by Gasteiger charge is -2.33. The van der Waals surface area contributed by atoms with Gasteiger partial charge in [0.25, 0.3) is 0 Å². The molecule has 0 aromatic heterocycles. The highest BCUT2D eigenvalue weighted by atomic mass is 16.4. The molecule has 0 bridgehead atoms. The van der Waals surface area contributed by atoms with Crippen molar-refractivity contribution in [1.82, 2.24) is 4.90 Å². The molecule has 18 heavy (non-hydrogen) atoms. The van der Waals surface area contributed by atoms with Crippen LogP contribution >= 0.6 is 0 Å². The number of amides is 1. The smallest absolute Gasteiger partial charge is 0.326 e. The van der Waals surface area contributed by atoms with Gasteiger partial charge in [0.05, 0.1) is 0 Å². The zero-order valence-corrected chi connectivity index (χ0v) is 10.9. The van der Waals surface area contributed by atoms with Crippen LogP contribution in [0.25, 0.3) is 0 Å². The van der Waals surface area contributed by atoms with Crippen LogP contribution in [-0.4, -0.2) is 34.5 Å². The summed E-state index contributed by atoms with van der Waals surface area (Å²) < 4.78 is 0. The summed E-state index contributed by atoms with van der Waals surface area (Å²) in [7, 11) is 0. The molecule has 0 radical (unpaired) electrons. The fraction of sp³-hybridized carbons (Fsp3) is 0.857. The Kier molecular flexibility index (Phi) is 4.61. The Morgan fingerprint density at radius 1 is 1.06 bits per heavy atom. The predicted molar refractivity (Wildman–Crippen MR) is 68.2 cm³/mol. The molecule has 1 amide bonds. The maximum Gasteiger partial charge on any atom is 0.326 e. The Morgan fingerprint density at radius 3 is 2.39 bits per heavy atom. The van der Waals surface area contributed by atoms with Gasteiger partial charge in [0, 0.05) is 13.0 Å². The number of rotatable bonds is 4. The third-order valence-corrected chi connectivity index (χ3v) is 4.35. The average Bonchev–Trinajstić information content (AvgIpc) is 2.89. The Balaban J connectivity index is 1.83. The van der Waals surface area contributed by atoms with Crippen molar-refractivity contribution < 1.29 is 14.7 Å². The first kappa shape index (κ1) is 13.4. The van der Waals surface area contributed by atoms with Gasteiger partial charge in [-0.05, 0) is 31.6 Å². The third kappa shape index (κ3) is 3.24. The molecule has 1 N–H and O–H groups in total. The maximum atomic E-state index is 12.1. The topological polar surface area (TPSA) is 57.6 Å². The number of carboxylic acids is 1. The summed E-state index contributed by atoms with van der Waals surface area (Å²) >= 11 is 0. The van der Waals surface area contributed by atoms with E-state index in [2.05, 4.69) is 0 Å². The van der Waals surface area contributed by atoms with Gasteiger partial charge in [0.15, 0.2) is 0 Å². The number of aliphatic carboxylic acids is 1. The molecule has 1 aliphatic carbocycles. The Morgan fingerprint density at radius 2 is 1.72 bits per heavy atom. The minimum Gasteiger partial charge on any atom is -0.480 e. The average molecular weight is 253 g/mol. The van der Waals surface area contributed by atoms with E-state index in [1.54, 1.807) is 4.90 Å². The third-order valence-electron chi connectivity index (χ3n) is 4.35. The van der Waals surface area contributed by atoms with Gasteiger partial charge in [-0.2, -0.15) is 0 Å². The molecule has 0 aromatic rings. The summed E-state index contributed by atoms with van der Waals surface area (Å²) in [6.07, 6.45) is 9.04. The Bertz CT molecular complexity index is 310. The summed E-state index contributed by atoms with van der Waals surface area (Å²) in [5.41, 5.74) is 0. The molecule has 102 valence electrons. The van der Waals surface area contributed by atoms with Crippen LogP contribution < -0.4 is 0 Å². The van der Waals surface area contributed by atoms with Gasteiger partial charge in [-0.1, -0.05) is 25.7 Å². The molecular weight excluding hydrogens is 230 g/mol. The number of likely N-dealkylation sites (tertiary alicyclic amines) is 1. The quantitative estimate of drug-likeness (QED) is 0.837. The highest BCUT2D eigenvalue weighted by Gasteiger charge is 2.31. The van der Waals surface area contributed by atoms with Gasteiger partial charge in [0.1, 0.15) is 6.04 Å². The van der Waals surface area contributed by atoms with Crippen LogP contribution in [0, 0.1) is 5.92 Å². The van der Waals surface area contributed by atoms with Gasteiger partial charge in [-0.25, -0.2) is 4.79 Å². The van der Waals surface area contributed by atoms with Crippen LogP contribution in [0.1, 0.15) is 57.8 Å². The number of carboxylic acid groups (broad SMARTS) is 1. The second-order valence-electron chi connectivity index (χ2n) is 5.63. The van der Waals surface area contributed by atoms with Crippen LogP contribution in [0.2, 0.25) is 0 Å². The summed E-state index contributed by atoms with van der Waals surface area (Å²) in [6, 6.07) is -0.574. The van der Waals surface area contributed by atoms with E-state index >= 15 is 0 Å². The van der Waals surface area contributed by atoms with E-state index < -0.39 is 12.0 Å². The van der Waals surface area contributed by atoms with Crippen molar-refractivity contribution in [3.63, 3.8) is 0 Å². The molecule has 1 atom stereocenters. The van der Waals surface area contributed by atoms with Gasteiger partial charge in [-0.15, -0.1) is 0 Å². The molecule has 4 nitrogen and oxygen atoms in total. The van der Waals surface area contributed by atoms with Crippen molar-refractivity contribution in [3.8, 4) is 0 Å². The fourth-order valence-electron chi connectivity index (χ4n) is 3.26. The summed E-state index contributed by atoms with van der Waals surface area (Å²) in [6.45, 7) is 0.625. The zero-order chi connectivity index (χ0) is 13.0. The van der Waals surface area contributed by atoms with Crippen molar-refractivity contribution in [2.45, 2.75) is 63.8 Å². The summed E-state index contributed by atoms with van der Waals surface area (Å²) in [4.78, 5) is 24.9. The highest BCUT2D eigenvalue weighted by Crippen LogP contribution is 2.29. The van der Waals surface area contributed by atoms with Crippen LogP contribution in [-0.2, 0) is 9.59 Å². The zero-order valence-electron chi connectivity index (χ0n) is 10.9. The second-order valence-corrected chi connectivity index (χ2v) is 5.63. The van der Waals surface area contributed by atoms with Gasteiger partial charge in [-0.3, -0.25) is 4.79 Å². The largest absolute Gasteiger partial charge is 0.480 e. The van der Waals surface area contributed by atoms with Crippen LogP contribution in [0.5, 0.6) is 0 Å². The summed E-state index contributed by atoms with van der Waals surface area (Å²) in [5, 5.41) is 9.14. The Hall–Kier alpha value is -1.06. The van der Waals surface area contributed by atoms with Crippen molar-refractivity contribution >= 4 is 11.9 Å². The molecule has 1 saturated carbocycles. The number of hydrogen-bond donors (Lipinski definition) is 1. The normalized spacial score (nSPS) is 25.3. The standard InChI is InChI=1S/C14H23NO3/c16-13(9-8-11-5-1-2-6-11)15-10-4-3-7-12(15)14(17)18/h11-12H,1-10H2,(H,17,18). The Labute approximate surface area is 108 Å². The lowest BCUT2D eigenvalue weighted by atomic mass is 9.98. The molecule has 1 saturated heterocycles. The monoisotopic (exact) mass is 253 g/mol. The number of piperidine rings is 1.